The van der Waals surface area contributed by atoms with Crippen molar-refractivity contribution < 1.29 is 4.74 Å². The van der Waals surface area contributed by atoms with Crippen LogP contribution < -0.4 is 5.73 Å². The summed E-state index contributed by atoms with van der Waals surface area (Å²) in [4.78, 5) is 0. The van der Waals surface area contributed by atoms with Gasteiger partial charge in [0.05, 0.1) is 13.2 Å². The van der Waals surface area contributed by atoms with E-state index >= 15 is 0 Å². The van der Waals surface area contributed by atoms with Crippen molar-refractivity contribution in [1.82, 2.24) is 0 Å². The van der Waals surface area contributed by atoms with Gasteiger partial charge in [-0.05, 0) is 18.9 Å². The molecule has 1 rings (SSSR count). The van der Waals surface area contributed by atoms with E-state index in [1.165, 1.54) is 5.56 Å². The number of hydrogen-bond donors (Lipinski definition) is 1. The minimum atomic E-state index is 0.0613. The first-order valence-corrected chi connectivity index (χ1v) is 5.20. The fourth-order valence-electron chi connectivity index (χ4n) is 1.41. The molecule has 1 unspecified atom stereocenters. The molecule has 2 nitrogen and oxygen atoms in total. The largest absolute Gasteiger partial charge is 0.375 e. The minimum Gasteiger partial charge on any atom is -0.375 e. The first-order valence-electron chi connectivity index (χ1n) is 5.20. The zero-order chi connectivity index (χ0) is 11.1. The number of nitrogens with two attached hydrogens (primary N) is 1. The molecule has 0 aliphatic rings. The fourth-order valence-corrected chi connectivity index (χ4v) is 1.41. The van der Waals surface area contributed by atoms with Gasteiger partial charge in [0.1, 0.15) is 0 Å². The van der Waals surface area contributed by atoms with Gasteiger partial charge < -0.3 is 10.5 Å². The van der Waals surface area contributed by atoms with Crippen molar-refractivity contribution in [2.45, 2.75) is 26.0 Å². The normalized spacial score (nSPS) is 12.4. The topological polar surface area (TPSA) is 35.2 Å². The highest BCUT2D eigenvalue weighted by Gasteiger charge is 2.02. The number of ether oxygens (including phenoxy) is 1. The van der Waals surface area contributed by atoms with Crippen LogP contribution in [0.3, 0.4) is 0 Å². The molecule has 0 aromatic heterocycles. The molecule has 0 heterocycles. The molecule has 0 aliphatic heterocycles. The molecule has 1 aromatic rings. The van der Waals surface area contributed by atoms with Gasteiger partial charge in [0, 0.05) is 6.04 Å². The maximum atomic E-state index is 5.85. The summed E-state index contributed by atoms with van der Waals surface area (Å²) >= 11 is 0. The summed E-state index contributed by atoms with van der Waals surface area (Å²) in [5.74, 6) is 0. The molecule has 0 saturated carbocycles. The SMILES string of the molecule is C=C(C)CC(N)COCc1ccccc1. The summed E-state index contributed by atoms with van der Waals surface area (Å²) < 4.78 is 5.52. The van der Waals surface area contributed by atoms with E-state index in [-0.39, 0.29) is 6.04 Å². The summed E-state index contributed by atoms with van der Waals surface area (Å²) in [5, 5.41) is 0. The summed E-state index contributed by atoms with van der Waals surface area (Å²) in [7, 11) is 0. The van der Waals surface area contributed by atoms with Gasteiger partial charge >= 0.3 is 0 Å². The van der Waals surface area contributed by atoms with E-state index in [0.29, 0.717) is 13.2 Å². The first kappa shape index (κ1) is 12.0. The smallest absolute Gasteiger partial charge is 0.0717 e. The lowest BCUT2D eigenvalue weighted by molar-refractivity contribution is 0.108. The Hall–Kier alpha value is -1.12. The monoisotopic (exact) mass is 205 g/mol. The van der Waals surface area contributed by atoms with Crippen LogP contribution in [0.15, 0.2) is 42.5 Å². The third kappa shape index (κ3) is 5.35. The second-order valence-electron chi connectivity index (χ2n) is 3.92. The van der Waals surface area contributed by atoms with Crippen molar-refractivity contribution in [3.63, 3.8) is 0 Å². The third-order valence-corrected chi connectivity index (χ3v) is 2.05. The Morgan fingerprint density at radius 1 is 1.40 bits per heavy atom. The lowest BCUT2D eigenvalue weighted by Crippen LogP contribution is -2.26. The molecule has 0 amide bonds. The maximum absolute atomic E-state index is 5.85. The van der Waals surface area contributed by atoms with Gasteiger partial charge in [-0.3, -0.25) is 0 Å². The van der Waals surface area contributed by atoms with Crippen molar-refractivity contribution in [3.8, 4) is 0 Å². The van der Waals surface area contributed by atoms with Crippen LogP contribution in [0, 0.1) is 0 Å². The number of benzene rings is 1. The average Bonchev–Trinajstić information content (AvgIpc) is 2.18. The quantitative estimate of drug-likeness (QED) is 0.724. The maximum Gasteiger partial charge on any atom is 0.0717 e. The van der Waals surface area contributed by atoms with Gasteiger partial charge in [-0.2, -0.15) is 0 Å². The molecular weight excluding hydrogens is 186 g/mol. The van der Waals surface area contributed by atoms with Crippen molar-refractivity contribution in [2.75, 3.05) is 6.61 Å². The van der Waals surface area contributed by atoms with Crippen LogP contribution in [0.25, 0.3) is 0 Å². The van der Waals surface area contributed by atoms with Crippen molar-refractivity contribution in [1.29, 1.82) is 0 Å². The lowest BCUT2D eigenvalue weighted by Gasteiger charge is -2.11. The van der Waals surface area contributed by atoms with Crippen LogP contribution in [-0.2, 0) is 11.3 Å². The second kappa shape index (κ2) is 6.38. The van der Waals surface area contributed by atoms with Crippen LogP contribution in [0.1, 0.15) is 18.9 Å². The van der Waals surface area contributed by atoms with E-state index in [4.69, 9.17) is 10.5 Å². The van der Waals surface area contributed by atoms with Gasteiger partial charge in [-0.1, -0.05) is 35.9 Å². The van der Waals surface area contributed by atoms with Crippen LogP contribution in [0.4, 0.5) is 0 Å². The van der Waals surface area contributed by atoms with E-state index in [9.17, 15) is 0 Å². The minimum absolute atomic E-state index is 0.0613. The fraction of sp³-hybridized carbons (Fsp3) is 0.385. The van der Waals surface area contributed by atoms with Crippen molar-refractivity contribution in [3.05, 3.63) is 48.0 Å². The molecule has 82 valence electrons. The molecule has 0 saturated heterocycles. The molecule has 1 aromatic carbocycles. The number of hydrogen-bond acceptors (Lipinski definition) is 2. The highest BCUT2D eigenvalue weighted by molar-refractivity contribution is 5.13. The Bertz CT molecular complexity index is 295. The van der Waals surface area contributed by atoms with E-state index in [1.807, 2.05) is 37.3 Å². The lowest BCUT2D eigenvalue weighted by atomic mass is 10.1. The van der Waals surface area contributed by atoms with Gasteiger partial charge in [-0.25, -0.2) is 0 Å². The Morgan fingerprint density at radius 3 is 2.67 bits per heavy atom. The van der Waals surface area contributed by atoms with Crippen LogP contribution in [0.5, 0.6) is 0 Å². The Balaban J connectivity index is 2.19. The summed E-state index contributed by atoms with van der Waals surface area (Å²) in [6.45, 7) is 7.02. The highest BCUT2D eigenvalue weighted by atomic mass is 16.5. The van der Waals surface area contributed by atoms with E-state index in [0.717, 1.165) is 12.0 Å². The molecule has 0 aliphatic carbocycles. The molecule has 1 atom stereocenters. The predicted octanol–water partition coefficient (Wildman–Crippen LogP) is 2.50. The van der Waals surface area contributed by atoms with Crippen molar-refractivity contribution >= 4 is 0 Å². The summed E-state index contributed by atoms with van der Waals surface area (Å²) in [5.41, 5.74) is 8.14. The first-order chi connectivity index (χ1) is 7.18. The molecule has 0 spiro atoms. The highest BCUT2D eigenvalue weighted by Crippen LogP contribution is 2.03. The molecule has 2 heteroatoms. The standard InChI is InChI=1S/C13H19NO/c1-11(2)8-13(14)10-15-9-12-6-4-3-5-7-12/h3-7,13H,1,8-10,14H2,2H3. The van der Waals surface area contributed by atoms with Gasteiger partial charge in [0.25, 0.3) is 0 Å². The molecule has 15 heavy (non-hydrogen) atoms. The predicted molar refractivity (Wildman–Crippen MR) is 63.5 cm³/mol. The molecule has 0 radical (unpaired) electrons. The van der Waals surface area contributed by atoms with Crippen LogP contribution in [0.2, 0.25) is 0 Å². The zero-order valence-electron chi connectivity index (χ0n) is 9.28. The summed E-state index contributed by atoms with van der Waals surface area (Å²) in [6.07, 6.45) is 0.828. The zero-order valence-corrected chi connectivity index (χ0v) is 9.28. The van der Waals surface area contributed by atoms with Gasteiger partial charge in [0.2, 0.25) is 0 Å². The summed E-state index contributed by atoms with van der Waals surface area (Å²) in [6, 6.07) is 10.2. The molecular formula is C13H19NO. The van der Waals surface area contributed by atoms with E-state index < -0.39 is 0 Å². The van der Waals surface area contributed by atoms with Gasteiger partial charge in [-0.15, -0.1) is 6.58 Å². The van der Waals surface area contributed by atoms with Gasteiger partial charge in [0.15, 0.2) is 0 Å². The Kier molecular flexibility index (Phi) is 5.08. The van der Waals surface area contributed by atoms with E-state index in [2.05, 4.69) is 6.58 Å². The third-order valence-electron chi connectivity index (χ3n) is 2.05. The molecule has 0 fully saturated rings. The van der Waals surface area contributed by atoms with Crippen LogP contribution >= 0.6 is 0 Å². The Labute approximate surface area is 91.7 Å². The van der Waals surface area contributed by atoms with Crippen LogP contribution in [-0.4, -0.2) is 12.6 Å². The van der Waals surface area contributed by atoms with Crippen molar-refractivity contribution in [2.24, 2.45) is 5.73 Å². The molecule has 2 N–H and O–H groups in total. The van der Waals surface area contributed by atoms with E-state index in [1.54, 1.807) is 0 Å². The second-order valence-corrected chi connectivity index (χ2v) is 3.92. The average molecular weight is 205 g/mol. The molecule has 0 bridgehead atoms. The Morgan fingerprint density at radius 2 is 2.07 bits per heavy atom. The number of rotatable bonds is 6.